The van der Waals surface area contributed by atoms with Crippen molar-refractivity contribution < 1.29 is 19.2 Å². The molecule has 4 heterocycles. The molecule has 2 N–H and O–H groups in total. The number of fused-ring (bicyclic) bond motifs is 1. The minimum absolute atomic E-state index is 0.125. The molecule has 5 rings (SSSR count). The first kappa shape index (κ1) is 19.4. The van der Waals surface area contributed by atoms with Crippen LogP contribution in [0.4, 0.5) is 0 Å². The second-order valence-electron chi connectivity index (χ2n) is 8.89. The molecule has 1 aromatic rings. The lowest BCUT2D eigenvalue weighted by atomic mass is 9.85. The molecule has 1 spiro atoms. The number of hydrogen-bond acceptors (Lipinski definition) is 6. The lowest BCUT2D eigenvalue weighted by Gasteiger charge is -2.50. The molecule has 0 bridgehead atoms. The Morgan fingerprint density at radius 2 is 1.80 bits per heavy atom. The Balaban J connectivity index is 1.38. The van der Waals surface area contributed by atoms with E-state index in [1.165, 1.54) is 25.7 Å². The maximum absolute atomic E-state index is 13.0. The Labute approximate surface area is 175 Å². The van der Waals surface area contributed by atoms with Crippen LogP contribution in [-0.4, -0.2) is 64.6 Å². The zero-order valence-corrected chi connectivity index (χ0v) is 16.9. The van der Waals surface area contributed by atoms with Gasteiger partial charge in [-0.2, -0.15) is 0 Å². The van der Waals surface area contributed by atoms with Gasteiger partial charge in [0.1, 0.15) is 6.04 Å². The van der Waals surface area contributed by atoms with E-state index in [1.807, 2.05) is 12.1 Å². The highest BCUT2D eigenvalue weighted by Gasteiger charge is 2.45. The summed E-state index contributed by atoms with van der Waals surface area (Å²) in [6, 6.07) is 4.52. The first-order valence-electron chi connectivity index (χ1n) is 10.8. The summed E-state index contributed by atoms with van der Waals surface area (Å²) in [5.74, 6) is -1.84. The predicted octanol–water partition coefficient (Wildman–Crippen LogP) is 0.806. The Morgan fingerprint density at radius 3 is 2.53 bits per heavy atom. The zero-order valence-electron chi connectivity index (χ0n) is 16.9. The second-order valence-corrected chi connectivity index (χ2v) is 8.89. The van der Waals surface area contributed by atoms with Gasteiger partial charge in [0, 0.05) is 31.6 Å². The van der Waals surface area contributed by atoms with Crippen molar-refractivity contribution in [3.8, 4) is 0 Å². The number of likely N-dealkylation sites (tertiary alicyclic amines) is 1. The molecular weight excluding hydrogens is 384 g/mol. The third kappa shape index (κ3) is 3.06. The van der Waals surface area contributed by atoms with E-state index in [-0.39, 0.29) is 24.3 Å². The van der Waals surface area contributed by atoms with Crippen molar-refractivity contribution in [2.24, 2.45) is 0 Å². The molecule has 8 nitrogen and oxygen atoms in total. The van der Waals surface area contributed by atoms with E-state index in [4.69, 9.17) is 0 Å². The summed E-state index contributed by atoms with van der Waals surface area (Å²) in [5, 5.41) is 5.64. The smallest absolute Gasteiger partial charge is 0.262 e. The van der Waals surface area contributed by atoms with Crippen molar-refractivity contribution in [1.29, 1.82) is 0 Å². The quantitative estimate of drug-likeness (QED) is 0.716. The van der Waals surface area contributed by atoms with Crippen LogP contribution in [0, 0.1) is 0 Å². The molecule has 4 aliphatic heterocycles. The predicted molar refractivity (Wildman–Crippen MR) is 108 cm³/mol. The summed E-state index contributed by atoms with van der Waals surface area (Å²) >= 11 is 0. The molecule has 158 valence electrons. The van der Waals surface area contributed by atoms with E-state index in [0.717, 1.165) is 36.6 Å². The topological polar surface area (TPSA) is 98.8 Å². The van der Waals surface area contributed by atoms with Crippen LogP contribution >= 0.6 is 0 Å². The van der Waals surface area contributed by atoms with Crippen molar-refractivity contribution in [2.45, 2.75) is 56.7 Å². The lowest BCUT2D eigenvalue weighted by Crippen LogP contribution is -2.68. The fourth-order valence-electron chi connectivity index (χ4n) is 5.23. The second kappa shape index (κ2) is 7.28. The lowest BCUT2D eigenvalue weighted by molar-refractivity contribution is -0.136. The van der Waals surface area contributed by atoms with E-state index in [0.29, 0.717) is 11.1 Å². The van der Waals surface area contributed by atoms with E-state index in [9.17, 15) is 19.2 Å². The van der Waals surface area contributed by atoms with Crippen molar-refractivity contribution in [3.05, 3.63) is 34.9 Å². The van der Waals surface area contributed by atoms with Crippen LogP contribution in [0.2, 0.25) is 0 Å². The normalized spacial score (nSPS) is 26.4. The maximum Gasteiger partial charge on any atom is 0.262 e. The number of nitrogens with zero attached hydrogens (tertiary/aromatic N) is 2. The third-order valence-electron chi connectivity index (χ3n) is 7.03. The Hall–Kier alpha value is -2.58. The van der Waals surface area contributed by atoms with Crippen LogP contribution in [0.1, 0.15) is 64.8 Å². The average Bonchev–Trinajstić information content (AvgIpc) is 2.84. The van der Waals surface area contributed by atoms with Gasteiger partial charge in [-0.15, -0.1) is 0 Å². The molecule has 1 atom stereocenters. The molecule has 4 amide bonds. The first-order valence-corrected chi connectivity index (χ1v) is 10.8. The van der Waals surface area contributed by atoms with Gasteiger partial charge in [0.15, 0.2) is 0 Å². The Morgan fingerprint density at radius 1 is 1.00 bits per heavy atom. The molecule has 30 heavy (non-hydrogen) atoms. The third-order valence-corrected chi connectivity index (χ3v) is 7.03. The molecule has 4 aliphatic rings. The van der Waals surface area contributed by atoms with Crippen LogP contribution in [0.25, 0.3) is 0 Å². The molecule has 0 saturated carbocycles. The number of imide groups is 2. The summed E-state index contributed by atoms with van der Waals surface area (Å²) in [7, 11) is 0. The van der Waals surface area contributed by atoms with Gasteiger partial charge in [0.05, 0.1) is 11.1 Å². The van der Waals surface area contributed by atoms with Gasteiger partial charge in [-0.3, -0.25) is 34.3 Å². The highest BCUT2D eigenvalue weighted by atomic mass is 16.2. The van der Waals surface area contributed by atoms with Gasteiger partial charge < -0.3 is 5.32 Å². The van der Waals surface area contributed by atoms with E-state index in [1.54, 1.807) is 6.07 Å². The number of benzene rings is 1. The minimum Gasteiger partial charge on any atom is -0.313 e. The van der Waals surface area contributed by atoms with Gasteiger partial charge in [-0.05, 0) is 43.5 Å². The number of hydrogen-bond donors (Lipinski definition) is 2. The van der Waals surface area contributed by atoms with Crippen LogP contribution in [0.5, 0.6) is 0 Å². The van der Waals surface area contributed by atoms with Gasteiger partial charge in [-0.1, -0.05) is 18.9 Å². The first-order chi connectivity index (χ1) is 14.5. The fourth-order valence-corrected chi connectivity index (χ4v) is 5.23. The van der Waals surface area contributed by atoms with Crippen molar-refractivity contribution >= 4 is 23.6 Å². The van der Waals surface area contributed by atoms with Crippen LogP contribution in [0.3, 0.4) is 0 Å². The summed E-state index contributed by atoms with van der Waals surface area (Å²) in [5.41, 5.74) is 1.91. The summed E-state index contributed by atoms with van der Waals surface area (Å²) in [6.45, 7) is 3.78. The molecule has 1 aromatic carbocycles. The number of rotatable bonds is 3. The Kier molecular flexibility index (Phi) is 4.71. The molecule has 0 radical (unpaired) electrons. The van der Waals surface area contributed by atoms with Crippen molar-refractivity contribution in [3.63, 3.8) is 0 Å². The number of amides is 4. The van der Waals surface area contributed by atoms with E-state index in [2.05, 4.69) is 15.5 Å². The highest BCUT2D eigenvalue weighted by Crippen LogP contribution is 2.33. The molecule has 8 heteroatoms. The summed E-state index contributed by atoms with van der Waals surface area (Å²) < 4.78 is 0. The average molecular weight is 410 g/mol. The summed E-state index contributed by atoms with van der Waals surface area (Å²) in [4.78, 5) is 53.1. The van der Waals surface area contributed by atoms with E-state index >= 15 is 0 Å². The molecule has 0 aromatic heterocycles. The molecular formula is C22H26N4O4. The standard InChI is InChI=1S/C22H26N4O4/c27-18-7-6-17(19(28)24-18)26-20(29)15-5-4-14(10-16(15)21(26)30)11-25-9-3-1-2-8-22(25)12-23-13-22/h4-5,10,17,23H,1-3,6-9,11-13H2,(H,24,27,28). The number of nitrogens with one attached hydrogen (secondary N) is 2. The molecule has 3 saturated heterocycles. The number of piperidine rings is 1. The summed E-state index contributed by atoms with van der Waals surface area (Å²) in [6.07, 6.45) is 5.15. The van der Waals surface area contributed by atoms with Crippen LogP contribution in [-0.2, 0) is 16.1 Å². The van der Waals surface area contributed by atoms with Crippen molar-refractivity contribution in [1.82, 2.24) is 20.4 Å². The SMILES string of the molecule is O=C1CCC(N2C(=O)c3ccc(CN4CCCCCC45CNC5)cc3C2=O)C(=O)N1. The van der Waals surface area contributed by atoms with Gasteiger partial charge in [0.2, 0.25) is 11.8 Å². The molecule has 0 aliphatic carbocycles. The zero-order chi connectivity index (χ0) is 20.9. The van der Waals surface area contributed by atoms with Gasteiger partial charge in [0.25, 0.3) is 11.8 Å². The molecule has 1 unspecified atom stereocenters. The van der Waals surface area contributed by atoms with Gasteiger partial charge in [-0.25, -0.2) is 0 Å². The van der Waals surface area contributed by atoms with Crippen LogP contribution in [0.15, 0.2) is 18.2 Å². The highest BCUT2D eigenvalue weighted by molar-refractivity contribution is 6.23. The monoisotopic (exact) mass is 410 g/mol. The Bertz CT molecular complexity index is 939. The maximum atomic E-state index is 13.0. The van der Waals surface area contributed by atoms with Gasteiger partial charge >= 0.3 is 0 Å². The number of carbonyl (C=O) groups is 4. The van der Waals surface area contributed by atoms with Crippen molar-refractivity contribution in [2.75, 3.05) is 19.6 Å². The molecule has 3 fully saturated rings. The van der Waals surface area contributed by atoms with Crippen LogP contribution < -0.4 is 10.6 Å². The minimum atomic E-state index is -0.923. The number of carbonyl (C=O) groups excluding carboxylic acids is 4. The van der Waals surface area contributed by atoms with E-state index < -0.39 is 23.8 Å². The largest absolute Gasteiger partial charge is 0.313 e. The fraction of sp³-hybridized carbons (Fsp3) is 0.545.